The van der Waals surface area contributed by atoms with Gasteiger partial charge in [0.25, 0.3) is 5.56 Å². The Hall–Kier alpha value is -4.78. The number of phenols is 1. The van der Waals surface area contributed by atoms with E-state index in [1.165, 1.54) is 6.21 Å². The third-order valence-corrected chi connectivity index (χ3v) is 9.64. The van der Waals surface area contributed by atoms with E-state index in [1.807, 2.05) is 0 Å². The van der Waals surface area contributed by atoms with E-state index in [0.29, 0.717) is 27.7 Å². The third-order valence-electron chi connectivity index (χ3n) is 8.73. The van der Waals surface area contributed by atoms with E-state index < -0.39 is 76.6 Å². The third kappa shape index (κ3) is 4.16. The van der Waals surface area contributed by atoms with Gasteiger partial charge in [0.05, 0.1) is 45.3 Å². The minimum atomic E-state index is -2.00. The first-order valence-corrected chi connectivity index (χ1v) is 15.1. The molecule has 1 heterocycles. The molecule has 0 saturated heterocycles. The molecule has 0 bridgehead atoms. The Balaban J connectivity index is 1.58. The Bertz CT molecular complexity index is 2440. The molecule has 4 aliphatic carbocycles. The van der Waals surface area contributed by atoms with Crippen LogP contribution in [-0.4, -0.2) is 40.2 Å². The van der Waals surface area contributed by atoms with Gasteiger partial charge in [-0.2, -0.15) is 0 Å². The molecule has 0 fully saturated rings. The maximum absolute atomic E-state index is 13.7. The summed E-state index contributed by atoms with van der Waals surface area (Å²) < 4.78 is 5.29. The number of aromatic nitrogens is 1. The molecule has 1 aromatic carbocycles. The van der Waals surface area contributed by atoms with E-state index in [1.54, 1.807) is 6.07 Å². The SMILES string of the molecule is CCCCCCO/N=C/c1cc2c(Br)c3c(c(O)c2c(=O)[nH]1)[C@@]1(CC3)C(O)=c2c(=O)c3c(=O)cc(OC)c(=O)c=3c(=O)c2=C1O. The summed E-state index contributed by atoms with van der Waals surface area (Å²) in [5.41, 5.74) is -6.32. The number of aromatic amines is 1. The molecule has 0 radical (unpaired) electrons. The van der Waals surface area contributed by atoms with Crippen molar-refractivity contribution in [2.45, 2.75) is 50.9 Å². The first-order valence-electron chi connectivity index (χ1n) is 14.3. The fourth-order valence-corrected chi connectivity index (χ4v) is 7.33. The van der Waals surface area contributed by atoms with Crippen LogP contribution in [-0.2, 0) is 16.7 Å². The number of pyridine rings is 1. The van der Waals surface area contributed by atoms with Gasteiger partial charge in [0, 0.05) is 21.5 Å². The van der Waals surface area contributed by atoms with Crippen LogP contribution in [0.15, 0.2) is 45.7 Å². The number of ether oxygens (including phenoxy) is 1. The van der Waals surface area contributed by atoms with Crippen LogP contribution < -0.4 is 42.4 Å². The van der Waals surface area contributed by atoms with Gasteiger partial charge < -0.3 is 29.9 Å². The topological polar surface area (TPSA) is 193 Å². The van der Waals surface area contributed by atoms with Gasteiger partial charge in [-0.25, -0.2) is 0 Å². The largest absolute Gasteiger partial charge is 0.510 e. The summed E-state index contributed by atoms with van der Waals surface area (Å²) in [6.07, 6.45) is 5.40. The van der Waals surface area contributed by atoms with E-state index in [-0.39, 0.29) is 23.8 Å². The maximum atomic E-state index is 13.7. The van der Waals surface area contributed by atoms with Crippen molar-refractivity contribution in [3.63, 3.8) is 0 Å². The monoisotopic (exact) mass is 678 g/mol. The highest BCUT2D eigenvalue weighted by Crippen LogP contribution is 2.56. The van der Waals surface area contributed by atoms with Crippen molar-refractivity contribution in [1.29, 1.82) is 0 Å². The second kappa shape index (κ2) is 11.0. The minimum Gasteiger partial charge on any atom is -0.510 e. The summed E-state index contributed by atoms with van der Waals surface area (Å²) in [5, 5.41) is 36.1. The summed E-state index contributed by atoms with van der Waals surface area (Å²) >= 11 is 3.52. The van der Waals surface area contributed by atoms with Crippen LogP contribution in [0.25, 0.3) is 22.3 Å². The fraction of sp³-hybridized carbons (Fsp3) is 0.312. The number of halogens is 1. The van der Waals surface area contributed by atoms with Crippen LogP contribution in [0.2, 0.25) is 0 Å². The fourth-order valence-electron chi connectivity index (χ4n) is 6.62. The lowest BCUT2D eigenvalue weighted by molar-refractivity contribution is 0.141. The van der Waals surface area contributed by atoms with E-state index in [0.717, 1.165) is 38.9 Å². The molecule has 1 atom stereocenters. The number of unbranched alkanes of at least 4 members (excludes halogenated alkanes) is 3. The van der Waals surface area contributed by atoms with Crippen LogP contribution >= 0.6 is 15.9 Å². The number of H-pyrrole nitrogens is 1. The van der Waals surface area contributed by atoms with Gasteiger partial charge in [-0.15, -0.1) is 0 Å². The summed E-state index contributed by atoms with van der Waals surface area (Å²) in [6, 6.07) is 2.36. The Labute approximate surface area is 260 Å². The number of aromatic hydroxyl groups is 1. The van der Waals surface area contributed by atoms with Crippen molar-refractivity contribution in [2.75, 3.05) is 13.7 Å². The van der Waals surface area contributed by atoms with Gasteiger partial charge in [0.2, 0.25) is 16.3 Å². The van der Waals surface area contributed by atoms with E-state index >= 15 is 0 Å². The highest BCUT2D eigenvalue weighted by molar-refractivity contribution is 9.10. The van der Waals surface area contributed by atoms with Crippen LogP contribution in [0.1, 0.15) is 55.8 Å². The van der Waals surface area contributed by atoms with Crippen LogP contribution in [0.5, 0.6) is 11.5 Å². The molecule has 232 valence electrons. The molecule has 1 spiro atoms. The predicted octanol–water partition coefficient (Wildman–Crippen LogP) is 1.21. The second-order valence-corrected chi connectivity index (χ2v) is 11.9. The molecule has 4 aliphatic rings. The highest BCUT2D eigenvalue weighted by atomic mass is 79.9. The number of hydrogen-bond acceptors (Lipinski definition) is 11. The lowest BCUT2D eigenvalue weighted by Crippen LogP contribution is -2.51. The van der Waals surface area contributed by atoms with Crippen LogP contribution in [0.4, 0.5) is 0 Å². The number of nitrogens with zero attached hydrogens (tertiary/aromatic N) is 1. The average Bonchev–Trinajstić information content (AvgIpc) is 3.52. The number of oxime groups is 1. The second-order valence-electron chi connectivity index (χ2n) is 11.2. The van der Waals surface area contributed by atoms with Gasteiger partial charge in [-0.05, 0) is 53.2 Å². The predicted molar refractivity (Wildman–Crippen MR) is 169 cm³/mol. The van der Waals surface area contributed by atoms with Gasteiger partial charge in [0.1, 0.15) is 29.3 Å². The maximum Gasteiger partial charge on any atom is 0.260 e. The normalized spacial score (nSPS) is 17.2. The number of aliphatic hydroxyl groups excluding tert-OH is 2. The summed E-state index contributed by atoms with van der Waals surface area (Å²) in [7, 11) is 1.12. The van der Waals surface area contributed by atoms with Crippen LogP contribution in [0.3, 0.4) is 0 Å². The Morgan fingerprint density at radius 1 is 0.956 bits per heavy atom. The van der Waals surface area contributed by atoms with E-state index in [9.17, 15) is 39.3 Å². The van der Waals surface area contributed by atoms with Gasteiger partial charge >= 0.3 is 0 Å². The molecule has 1 aromatic heterocycles. The van der Waals surface area contributed by atoms with E-state index in [4.69, 9.17) is 9.57 Å². The number of hydrogen-bond donors (Lipinski definition) is 4. The summed E-state index contributed by atoms with van der Waals surface area (Å²) in [5.74, 6) is -2.57. The Morgan fingerprint density at radius 3 is 2.31 bits per heavy atom. The zero-order valence-electron chi connectivity index (χ0n) is 24.2. The molecule has 12 nitrogen and oxygen atoms in total. The van der Waals surface area contributed by atoms with Crippen molar-refractivity contribution in [3.8, 4) is 11.5 Å². The number of aliphatic hydroxyl groups is 2. The smallest absolute Gasteiger partial charge is 0.260 e. The van der Waals surface area contributed by atoms with Gasteiger partial charge in [0.15, 0.2) is 11.2 Å². The number of methoxy groups -OCH3 is 1. The molecule has 0 aliphatic heterocycles. The van der Waals surface area contributed by atoms with Gasteiger partial charge in [-0.3, -0.25) is 24.0 Å². The number of nitrogens with one attached hydrogen (secondary N) is 1. The molecule has 13 heteroatoms. The molecule has 0 saturated carbocycles. The lowest BCUT2D eigenvalue weighted by Gasteiger charge is -2.27. The zero-order valence-corrected chi connectivity index (χ0v) is 25.8. The summed E-state index contributed by atoms with van der Waals surface area (Å²) in [4.78, 5) is 74.3. The molecule has 45 heavy (non-hydrogen) atoms. The highest BCUT2D eigenvalue weighted by Gasteiger charge is 2.53. The molecule has 4 N–H and O–H groups in total. The van der Waals surface area contributed by atoms with Crippen molar-refractivity contribution >= 4 is 44.4 Å². The zero-order chi connectivity index (χ0) is 32.4. The Morgan fingerprint density at radius 2 is 1.64 bits per heavy atom. The minimum absolute atomic E-state index is 0.0828. The quantitative estimate of drug-likeness (QED) is 0.120. The molecule has 6 rings (SSSR count). The van der Waals surface area contributed by atoms with Crippen molar-refractivity contribution in [1.82, 2.24) is 4.98 Å². The van der Waals surface area contributed by atoms with Crippen LogP contribution in [0, 0.1) is 10.4 Å². The molecule has 0 amide bonds. The number of rotatable bonds is 8. The number of fused-ring (bicyclic) bond motifs is 4. The standard InChI is InChI=1S/C32H27BrN2O10/c1-3-4-5-6-9-45-34-12-13-10-15-18(31(43)35-13)28(40)23-14(24(15)33)7-8-32(23)29(41)21-22(30(32)42)27(39)20-19(26(21)38)16(36)11-17(44-2)25(20)37/h10-12,40-42H,3-9H2,1-2H3,(H,35,43)/b34-12+/t32-/m0/s1. The first kappa shape index (κ1) is 30.3. The molecule has 0 unspecified atom stereocenters. The van der Waals surface area contributed by atoms with Crippen molar-refractivity contribution in [2.24, 2.45) is 5.16 Å². The summed E-state index contributed by atoms with van der Waals surface area (Å²) in [6.45, 7) is 2.52. The molecule has 2 aromatic rings. The molecular weight excluding hydrogens is 652 g/mol. The average molecular weight is 679 g/mol. The number of benzene rings is 1. The molecular formula is C32H27BrN2O10. The first-order chi connectivity index (χ1) is 21.5. The van der Waals surface area contributed by atoms with E-state index in [2.05, 4.69) is 33.0 Å². The number of phenolic OH excluding ortho intramolecular Hbond substituents is 1. The van der Waals surface area contributed by atoms with Crippen molar-refractivity contribution in [3.05, 3.63) is 106 Å². The van der Waals surface area contributed by atoms with Gasteiger partial charge in [-0.1, -0.05) is 24.9 Å². The lowest BCUT2D eigenvalue weighted by atomic mass is 9.78. The Kier molecular flexibility index (Phi) is 7.39. The van der Waals surface area contributed by atoms with Crippen molar-refractivity contribution < 1.29 is 24.9 Å².